The van der Waals surface area contributed by atoms with Crippen LogP contribution in [0.2, 0.25) is 0 Å². The van der Waals surface area contributed by atoms with Crippen LogP contribution in [0.15, 0.2) is 16.7 Å². The maximum Gasteiger partial charge on any atom is 0.151 e. The summed E-state index contributed by atoms with van der Waals surface area (Å²) in [6.45, 7) is 2.14. The van der Waals surface area contributed by atoms with E-state index >= 15 is 0 Å². The fourth-order valence-corrected chi connectivity index (χ4v) is 3.39. The lowest BCUT2D eigenvalue weighted by molar-refractivity contribution is 0.913. The van der Waals surface area contributed by atoms with Gasteiger partial charge in [-0.05, 0) is 34.8 Å². The number of rotatable bonds is 2. The number of anilines is 1. The van der Waals surface area contributed by atoms with E-state index in [9.17, 15) is 0 Å². The first kappa shape index (κ1) is 11.8. The van der Waals surface area contributed by atoms with Gasteiger partial charge in [0.05, 0.1) is 15.2 Å². The topological polar surface area (TPSA) is 64.7 Å². The van der Waals surface area contributed by atoms with Gasteiger partial charge >= 0.3 is 0 Å². The third kappa shape index (κ3) is 1.85. The van der Waals surface area contributed by atoms with Gasteiger partial charge in [0, 0.05) is 10.7 Å². The largest absolute Gasteiger partial charge is 0.382 e. The quantitative estimate of drug-likeness (QED) is 0.783. The molecule has 92 valence electrons. The molecule has 3 aromatic heterocycles. The van der Waals surface area contributed by atoms with Crippen molar-refractivity contribution in [3.8, 4) is 0 Å². The molecule has 0 aliphatic heterocycles. The number of nitrogens with zero attached hydrogens (tertiary/aromatic N) is 3. The number of nitrogen functional groups attached to an aromatic ring is 1. The molecule has 0 saturated carbocycles. The Morgan fingerprint density at radius 1 is 1.33 bits per heavy atom. The molecule has 0 bridgehead atoms. The summed E-state index contributed by atoms with van der Waals surface area (Å²) >= 11 is 5.06. The monoisotopic (exact) mass is 322 g/mol. The zero-order valence-electron chi connectivity index (χ0n) is 9.77. The van der Waals surface area contributed by atoms with E-state index in [4.69, 9.17) is 5.73 Å². The Morgan fingerprint density at radius 2 is 2.17 bits per heavy atom. The third-order valence-electron chi connectivity index (χ3n) is 2.67. The number of fused-ring (bicyclic) bond motifs is 3. The number of nitrogens with two attached hydrogens (primary N) is 1. The minimum atomic E-state index is 0.482. The molecule has 3 rings (SSSR count). The highest BCUT2D eigenvalue weighted by Gasteiger charge is 2.13. The maximum atomic E-state index is 5.97. The lowest BCUT2D eigenvalue weighted by Crippen LogP contribution is -1.94. The summed E-state index contributed by atoms with van der Waals surface area (Å²) in [5, 5.41) is 1.10. The number of pyridine rings is 2. The number of hydrogen-bond donors (Lipinski definition) is 1. The van der Waals surface area contributed by atoms with Crippen LogP contribution < -0.4 is 5.73 Å². The Balaban J connectivity index is 2.37. The van der Waals surface area contributed by atoms with Crippen LogP contribution in [0.5, 0.6) is 0 Å². The number of aryl methyl sites for hydroxylation is 1. The summed E-state index contributed by atoms with van der Waals surface area (Å²) in [5.41, 5.74) is 8.44. The van der Waals surface area contributed by atoms with E-state index in [-0.39, 0.29) is 0 Å². The second kappa shape index (κ2) is 4.44. The smallest absolute Gasteiger partial charge is 0.151 e. The first-order valence-electron chi connectivity index (χ1n) is 5.69. The Hall–Kier alpha value is -1.27. The van der Waals surface area contributed by atoms with Crippen LogP contribution in [-0.2, 0) is 6.42 Å². The van der Waals surface area contributed by atoms with Crippen molar-refractivity contribution in [2.45, 2.75) is 19.8 Å². The average molecular weight is 323 g/mol. The predicted octanol–water partition coefficient (Wildman–Crippen LogP) is 3.54. The molecular weight excluding hydrogens is 312 g/mol. The molecule has 0 saturated heterocycles. The summed E-state index contributed by atoms with van der Waals surface area (Å²) in [6, 6.07) is 1.93. The Labute approximate surface area is 116 Å². The van der Waals surface area contributed by atoms with Crippen molar-refractivity contribution >= 4 is 54.3 Å². The molecule has 0 fully saturated rings. The van der Waals surface area contributed by atoms with Crippen molar-refractivity contribution in [3.63, 3.8) is 0 Å². The molecular formula is C12H11BrN4S. The van der Waals surface area contributed by atoms with Crippen molar-refractivity contribution in [2.24, 2.45) is 0 Å². The van der Waals surface area contributed by atoms with Crippen LogP contribution in [0.25, 0.3) is 21.3 Å². The summed E-state index contributed by atoms with van der Waals surface area (Å²) in [7, 11) is 0. The summed E-state index contributed by atoms with van der Waals surface area (Å²) < 4.78 is 1.94. The molecule has 0 spiro atoms. The Morgan fingerprint density at radius 3 is 2.94 bits per heavy atom. The van der Waals surface area contributed by atoms with Crippen molar-refractivity contribution in [1.29, 1.82) is 0 Å². The van der Waals surface area contributed by atoms with Crippen LogP contribution in [0.4, 0.5) is 5.82 Å². The Bertz CT molecular complexity index is 738. The first-order valence-corrected chi connectivity index (χ1v) is 7.30. The van der Waals surface area contributed by atoms with Gasteiger partial charge in [-0.15, -0.1) is 11.3 Å². The molecule has 3 heterocycles. The number of hydrogen-bond acceptors (Lipinski definition) is 5. The van der Waals surface area contributed by atoms with E-state index in [1.54, 1.807) is 17.5 Å². The van der Waals surface area contributed by atoms with Crippen LogP contribution in [0, 0.1) is 0 Å². The van der Waals surface area contributed by atoms with Gasteiger partial charge in [-0.2, -0.15) is 0 Å². The summed E-state index contributed by atoms with van der Waals surface area (Å²) in [4.78, 5) is 13.4. The predicted molar refractivity (Wildman–Crippen MR) is 78.8 cm³/mol. The zero-order chi connectivity index (χ0) is 12.7. The minimum absolute atomic E-state index is 0.482. The van der Waals surface area contributed by atoms with Crippen molar-refractivity contribution in [2.75, 3.05) is 5.73 Å². The van der Waals surface area contributed by atoms with E-state index in [1.165, 1.54) is 0 Å². The average Bonchev–Trinajstić information content (AvgIpc) is 2.74. The van der Waals surface area contributed by atoms with Crippen LogP contribution in [0.1, 0.15) is 18.4 Å². The molecule has 0 aliphatic rings. The molecule has 3 aromatic rings. The van der Waals surface area contributed by atoms with Crippen LogP contribution in [-0.4, -0.2) is 15.0 Å². The standard InChI is InChI=1S/C12H11BrN4S/c1-2-3-8-17-10-11(18-8)9-7(16-12(10)14)4-6(13)5-15-9/h4-5H,2-3H2,1H3,(H2,14,16). The molecule has 0 aromatic carbocycles. The molecule has 6 heteroatoms. The highest BCUT2D eigenvalue weighted by atomic mass is 79.9. The van der Waals surface area contributed by atoms with Crippen molar-refractivity contribution < 1.29 is 0 Å². The molecule has 0 aliphatic carbocycles. The normalized spacial score (nSPS) is 11.4. The zero-order valence-corrected chi connectivity index (χ0v) is 12.2. The first-order chi connectivity index (χ1) is 8.69. The summed E-state index contributed by atoms with van der Waals surface area (Å²) in [6.07, 6.45) is 3.82. The van der Waals surface area contributed by atoms with Gasteiger partial charge in [-0.1, -0.05) is 6.92 Å². The van der Waals surface area contributed by atoms with Crippen molar-refractivity contribution in [1.82, 2.24) is 15.0 Å². The van der Waals surface area contributed by atoms with Gasteiger partial charge in [0.15, 0.2) is 5.82 Å². The molecule has 0 radical (unpaired) electrons. The molecule has 0 amide bonds. The van der Waals surface area contributed by atoms with Gasteiger partial charge in [0.25, 0.3) is 0 Å². The minimum Gasteiger partial charge on any atom is -0.382 e. The van der Waals surface area contributed by atoms with E-state index in [0.29, 0.717) is 5.82 Å². The highest BCUT2D eigenvalue weighted by molar-refractivity contribution is 9.10. The van der Waals surface area contributed by atoms with E-state index < -0.39 is 0 Å². The second-order valence-electron chi connectivity index (χ2n) is 4.05. The SMILES string of the molecule is CCCc1nc2c(N)nc3cc(Br)cnc3c2s1. The lowest BCUT2D eigenvalue weighted by atomic mass is 10.3. The van der Waals surface area contributed by atoms with Gasteiger partial charge in [0.1, 0.15) is 11.0 Å². The highest BCUT2D eigenvalue weighted by Crippen LogP contribution is 2.32. The maximum absolute atomic E-state index is 5.97. The molecule has 4 nitrogen and oxygen atoms in total. The fourth-order valence-electron chi connectivity index (χ4n) is 1.89. The lowest BCUT2D eigenvalue weighted by Gasteiger charge is -2.00. The van der Waals surface area contributed by atoms with Gasteiger partial charge in [0.2, 0.25) is 0 Å². The number of thiazole rings is 1. The van der Waals surface area contributed by atoms with Gasteiger partial charge < -0.3 is 5.73 Å². The number of aromatic nitrogens is 3. The summed E-state index contributed by atoms with van der Waals surface area (Å²) in [5.74, 6) is 0.482. The molecule has 0 atom stereocenters. The molecule has 2 N–H and O–H groups in total. The number of halogens is 1. The van der Waals surface area contributed by atoms with E-state index in [0.717, 1.165) is 43.6 Å². The van der Waals surface area contributed by atoms with Crippen molar-refractivity contribution in [3.05, 3.63) is 21.7 Å². The van der Waals surface area contributed by atoms with Crippen LogP contribution >= 0.6 is 27.3 Å². The molecule has 0 unspecified atom stereocenters. The van der Waals surface area contributed by atoms with Gasteiger partial charge in [-0.3, -0.25) is 4.98 Å². The fraction of sp³-hybridized carbons (Fsp3) is 0.250. The Kier molecular flexibility index (Phi) is 2.91. The van der Waals surface area contributed by atoms with Crippen LogP contribution in [0.3, 0.4) is 0 Å². The van der Waals surface area contributed by atoms with E-state index in [1.807, 2.05) is 6.07 Å². The third-order valence-corrected chi connectivity index (χ3v) is 4.22. The molecule has 18 heavy (non-hydrogen) atoms. The van der Waals surface area contributed by atoms with E-state index in [2.05, 4.69) is 37.8 Å². The van der Waals surface area contributed by atoms with Gasteiger partial charge in [-0.25, -0.2) is 9.97 Å². The second-order valence-corrected chi connectivity index (χ2v) is 6.05.